The van der Waals surface area contributed by atoms with Crippen molar-refractivity contribution in [1.29, 1.82) is 0 Å². The van der Waals surface area contributed by atoms with Gasteiger partial charge in [0.2, 0.25) is 0 Å². The van der Waals surface area contributed by atoms with Gasteiger partial charge in [0.1, 0.15) is 11.4 Å². The van der Waals surface area contributed by atoms with Gasteiger partial charge < -0.3 is 15.7 Å². The first-order valence-corrected chi connectivity index (χ1v) is 11.3. The lowest BCUT2D eigenvalue weighted by molar-refractivity contribution is 0.0757. The number of amides is 3. The van der Waals surface area contributed by atoms with E-state index in [0.29, 0.717) is 43.1 Å². The van der Waals surface area contributed by atoms with Crippen LogP contribution in [0.2, 0.25) is 5.02 Å². The summed E-state index contributed by atoms with van der Waals surface area (Å²) in [5.41, 5.74) is 1.66. The number of carbonyl (C=O) groups excluding carboxylic acids is 2. The SMILES string of the molecule is C[C@]1(O)CN(C(=O)Nc2cc(Br)cc3c2C(c2cc(F)ccc2Cl)NC3=O)c2ccccc21. The Labute approximate surface area is 202 Å². The number of halogens is 3. The Morgan fingerprint density at radius 3 is 2.82 bits per heavy atom. The van der Waals surface area contributed by atoms with Crippen LogP contribution in [0.25, 0.3) is 0 Å². The van der Waals surface area contributed by atoms with Gasteiger partial charge in [-0.25, -0.2) is 9.18 Å². The molecule has 0 fully saturated rings. The summed E-state index contributed by atoms with van der Waals surface area (Å²) in [4.78, 5) is 27.5. The highest BCUT2D eigenvalue weighted by molar-refractivity contribution is 9.10. The standard InChI is InChI=1S/C24H18BrClFN3O3/c1-24(33)11-30(19-5-3-2-4-16(19)24)23(32)28-18-9-12(25)8-15-20(18)21(29-22(15)31)14-10-13(27)6-7-17(14)26/h2-10,21,33H,11H2,1H3,(H,28,32)(H,29,31)/t21?,24-/m0/s1. The van der Waals surface area contributed by atoms with Gasteiger partial charge >= 0.3 is 6.03 Å². The molecule has 0 radical (unpaired) electrons. The van der Waals surface area contributed by atoms with Crippen molar-refractivity contribution < 1.29 is 19.1 Å². The number of fused-ring (bicyclic) bond motifs is 2. The summed E-state index contributed by atoms with van der Waals surface area (Å²) >= 11 is 9.71. The molecule has 0 spiro atoms. The molecule has 2 aliphatic rings. The van der Waals surface area contributed by atoms with Crippen LogP contribution in [-0.2, 0) is 5.60 Å². The molecule has 2 atom stereocenters. The Kier molecular flexibility index (Phi) is 5.19. The molecule has 5 rings (SSSR count). The van der Waals surface area contributed by atoms with E-state index in [0.717, 1.165) is 0 Å². The number of urea groups is 1. The third-order valence-corrected chi connectivity index (χ3v) is 6.75. The zero-order chi connectivity index (χ0) is 23.5. The summed E-state index contributed by atoms with van der Waals surface area (Å²) in [6, 6.07) is 13.2. The molecule has 0 bridgehead atoms. The summed E-state index contributed by atoms with van der Waals surface area (Å²) in [6.45, 7) is 1.73. The lowest BCUT2D eigenvalue weighted by Crippen LogP contribution is -2.38. The highest BCUT2D eigenvalue weighted by Gasteiger charge is 2.40. The van der Waals surface area contributed by atoms with Crippen LogP contribution >= 0.6 is 27.5 Å². The number of nitrogens with one attached hydrogen (secondary N) is 2. The van der Waals surface area contributed by atoms with Crippen molar-refractivity contribution in [2.45, 2.75) is 18.6 Å². The smallest absolute Gasteiger partial charge is 0.326 e. The fourth-order valence-electron chi connectivity index (χ4n) is 4.48. The minimum absolute atomic E-state index is 0.0741. The van der Waals surface area contributed by atoms with E-state index in [-0.39, 0.29) is 12.5 Å². The maximum atomic E-state index is 14.0. The molecule has 3 amide bonds. The van der Waals surface area contributed by atoms with Crippen LogP contribution in [-0.4, -0.2) is 23.6 Å². The normalized spacial score (nSPS) is 20.9. The molecule has 6 nitrogen and oxygen atoms in total. The number of hydrogen-bond donors (Lipinski definition) is 3. The Hall–Kier alpha value is -2.94. The first-order chi connectivity index (χ1) is 15.7. The average Bonchev–Trinajstić information content (AvgIpc) is 3.24. The van der Waals surface area contributed by atoms with Crippen molar-refractivity contribution in [3.8, 4) is 0 Å². The van der Waals surface area contributed by atoms with E-state index in [1.165, 1.54) is 23.1 Å². The number of aliphatic hydroxyl groups is 1. The molecule has 1 unspecified atom stereocenters. The van der Waals surface area contributed by atoms with Crippen LogP contribution in [0.1, 0.15) is 40.0 Å². The van der Waals surface area contributed by atoms with Gasteiger partial charge in [-0.2, -0.15) is 0 Å². The molecule has 9 heteroatoms. The molecule has 3 aromatic rings. The van der Waals surface area contributed by atoms with Crippen LogP contribution in [0.4, 0.5) is 20.6 Å². The number of β-amino-alcohol motifs (C(OH)–C–C–N with tert-alkyl or cyclic N) is 1. The maximum absolute atomic E-state index is 14.0. The van der Waals surface area contributed by atoms with Crippen LogP contribution in [0.5, 0.6) is 0 Å². The third-order valence-electron chi connectivity index (χ3n) is 5.95. The van der Waals surface area contributed by atoms with Gasteiger partial charge in [0.05, 0.1) is 18.3 Å². The number of para-hydroxylation sites is 1. The van der Waals surface area contributed by atoms with E-state index >= 15 is 0 Å². The number of nitrogens with zero attached hydrogens (tertiary/aromatic N) is 1. The molecule has 33 heavy (non-hydrogen) atoms. The summed E-state index contributed by atoms with van der Waals surface area (Å²) in [7, 11) is 0. The molecule has 3 aromatic carbocycles. The Morgan fingerprint density at radius 1 is 1.27 bits per heavy atom. The molecule has 0 saturated heterocycles. The predicted octanol–water partition coefficient (Wildman–Crippen LogP) is 5.33. The zero-order valence-corrected chi connectivity index (χ0v) is 19.7. The quantitative estimate of drug-likeness (QED) is 0.419. The topological polar surface area (TPSA) is 81.7 Å². The van der Waals surface area contributed by atoms with Crippen molar-refractivity contribution in [3.05, 3.63) is 92.2 Å². The van der Waals surface area contributed by atoms with Crippen molar-refractivity contribution in [3.63, 3.8) is 0 Å². The minimum Gasteiger partial charge on any atom is -0.383 e. The van der Waals surface area contributed by atoms with E-state index in [1.807, 2.05) is 0 Å². The van der Waals surface area contributed by atoms with Gasteiger partial charge in [0.15, 0.2) is 0 Å². The Morgan fingerprint density at radius 2 is 2.03 bits per heavy atom. The molecule has 3 N–H and O–H groups in total. The number of benzene rings is 3. The predicted molar refractivity (Wildman–Crippen MR) is 127 cm³/mol. The van der Waals surface area contributed by atoms with E-state index in [4.69, 9.17) is 11.6 Å². The fourth-order valence-corrected chi connectivity index (χ4v) is 5.16. The second-order valence-corrected chi connectivity index (χ2v) is 9.62. The van der Waals surface area contributed by atoms with Crippen molar-refractivity contribution in [1.82, 2.24) is 5.32 Å². The van der Waals surface area contributed by atoms with Gasteiger partial charge in [0, 0.05) is 37.4 Å². The maximum Gasteiger partial charge on any atom is 0.326 e. The first-order valence-electron chi connectivity index (χ1n) is 10.2. The average molecular weight is 531 g/mol. The summed E-state index contributed by atoms with van der Waals surface area (Å²) in [5, 5.41) is 16.8. The first kappa shape index (κ1) is 21.9. The highest BCUT2D eigenvalue weighted by Crippen LogP contribution is 2.42. The van der Waals surface area contributed by atoms with Gasteiger partial charge in [-0.1, -0.05) is 45.7 Å². The molecule has 0 aliphatic carbocycles. The number of hydrogen-bond acceptors (Lipinski definition) is 3. The van der Waals surface area contributed by atoms with Crippen molar-refractivity contribution in [2.24, 2.45) is 0 Å². The van der Waals surface area contributed by atoms with Gasteiger partial charge in [0.25, 0.3) is 5.91 Å². The summed E-state index contributed by atoms with van der Waals surface area (Å²) < 4.78 is 14.6. The van der Waals surface area contributed by atoms with Gasteiger partial charge in [-0.05, 0) is 43.3 Å². The second-order valence-electron chi connectivity index (χ2n) is 8.29. The Bertz CT molecular complexity index is 1330. The third kappa shape index (κ3) is 3.68. The molecule has 0 saturated carbocycles. The molecule has 2 heterocycles. The van der Waals surface area contributed by atoms with Gasteiger partial charge in [-0.15, -0.1) is 0 Å². The molecule has 2 aliphatic heterocycles. The molecule has 0 aromatic heterocycles. The summed E-state index contributed by atoms with van der Waals surface area (Å²) in [6.07, 6.45) is 0. The lowest BCUT2D eigenvalue weighted by Gasteiger charge is -2.23. The van der Waals surface area contributed by atoms with E-state index < -0.39 is 23.5 Å². The van der Waals surface area contributed by atoms with Crippen molar-refractivity contribution >= 4 is 50.8 Å². The minimum atomic E-state index is -1.19. The highest BCUT2D eigenvalue weighted by atomic mass is 79.9. The van der Waals surface area contributed by atoms with E-state index in [2.05, 4.69) is 26.6 Å². The fraction of sp³-hybridized carbons (Fsp3) is 0.167. The van der Waals surface area contributed by atoms with Crippen LogP contribution in [0.15, 0.2) is 59.1 Å². The largest absolute Gasteiger partial charge is 0.383 e. The number of rotatable bonds is 2. The van der Waals surface area contributed by atoms with Crippen LogP contribution in [0, 0.1) is 5.82 Å². The monoisotopic (exact) mass is 529 g/mol. The number of anilines is 2. The Balaban J connectivity index is 1.56. The van der Waals surface area contributed by atoms with Crippen molar-refractivity contribution in [2.75, 3.05) is 16.8 Å². The molecule has 168 valence electrons. The molecular formula is C24H18BrClFN3O3. The zero-order valence-electron chi connectivity index (χ0n) is 17.3. The lowest BCUT2D eigenvalue weighted by atomic mass is 9.96. The van der Waals surface area contributed by atoms with E-state index in [9.17, 15) is 19.1 Å². The van der Waals surface area contributed by atoms with Crippen LogP contribution in [0.3, 0.4) is 0 Å². The van der Waals surface area contributed by atoms with E-state index in [1.54, 1.807) is 43.3 Å². The second kappa shape index (κ2) is 7.83. The summed E-state index contributed by atoms with van der Waals surface area (Å²) in [5.74, 6) is -0.850. The van der Waals surface area contributed by atoms with Crippen LogP contribution < -0.4 is 15.5 Å². The number of carbonyl (C=O) groups is 2. The molecular weight excluding hydrogens is 513 g/mol. The van der Waals surface area contributed by atoms with Gasteiger partial charge in [-0.3, -0.25) is 9.69 Å².